The molecule has 1 aromatic rings. The van der Waals surface area contributed by atoms with Gasteiger partial charge < -0.3 is 9.80 Å². The molecule has 0 N–H and O–H groups in total. The van der Waals surface area contributed by atoms with Crippen molar-refractivity contribution in [3.8, 4) is 0 Å². The third kappa shape index (κ3) is 4.14. The zero-order chi connectivity index (χ0) is 15.4. The molecule has 2 rings (SSSR count). The molecule has 21 heavy (non-hydrogen) atoms. The number of rotatable bonds is 3. The van der Waals surface area contributed by atoms with Crippen LogP contribution in [0.15, 0.2) is 16.6 Å². The highest BCUT2D eigenvalue weighted by Crippen LogP contribution is 2.21. The molecule has 1 fully saturated rings. The normalized spacial score (nSPS) is 16.9. The largest absolute Gasteiger partial charge is 0.337 e. The maximum Gasteiger partial charge on any atom is 0.259 e. The summed E-state index contributed by atoms with van der Waals surface area (Å²) in [5, 5.41) is 0. The number of benzene rings is 1. The fraction of sp³-hybridized carbons (Fsp3) is 0.500. The first-order valence-corrected chi connectivity index (χ1v) is 8.08. The molecule has 3 nitrogen and oxygen atoms in total. The van der Waals surface area contributed by atoms with Crippen LogP contribution in [0.5, 0.6) is 0 Å². The summed E-state index contributed by atoms with van der Waals surface area (Å²) in [6.45, 7) is 3.20. The highest BCUT2D eigenvalue weighted by Gasteiger charge is 2.25. The summed E-state index contributed by atoms with van der Waals surface area (Å²) in [7, 11) is 0. The predicted octanol–water partition coefficient (Wildman–Crippen LogP) is 3.11. The van der Waals surface area contributed by atoms with Gasteiger partial charge in [-0.1, -0.05) is 15.9 Å². The zero-order valence-electron chi connectivity index (χ0n) is 11.4. The number of nitrogens with zero attached hydrogens (tertiary/aromatic N) is 2. The number of amides is 1. The molecular formula is C14H16BrClF2N2O. The highest BCUT2D eigenvalue weighted by molar-refractivity contribution is 9.10. The number of hydrogen-bond donors (Lipinski definition) is 0. The van der Waals surface area contributed by atoms with Crippen molar-refractivity contribution in [1.29, 1.82) is 0 Å². The Labute approximate surface area is 136 Å². The van der Waals surface area contributed by atoms with Gasteiger partial charge in [-0.3, -0.25) is 4.79 Å². The van der Waals surface area contributed by atoms with Crippen LogP contribution < -0.4 is 0 Å². The second-order valence-electron chi connectivity index (χ2n) is 4.92. The number of hydrogen-bond acceptors (Lipinski definition) is 2. The first-order valence-electron chi connectivity index (χ1n) is 6.75. The van der Waals surface area contributed by atoms with E-state index in [1.807, 2.05) is 0 Å². The maximum atomic E-state index is 13.9. The smallest absolute Gasteiger partial charge is 0.259 e. The van der Waals surface area contributed by atoms with Crippen molar-refractivity contribution >= 4 is 33.4 Å². The molecule has 0 radical (unpaired) electrons. The lowest BCUT2D eigenvalue weighted by molar-refractivity contribution is 0.0752. The third-order valence-electron chi connectivity index (χ3n) is 3.50. The van der Waals surface area contributed by atoms with Gasteiger partial charge in [0.1, 0.15) is 17.2 Å². The van der Waals surface area contributed by atoms with Gasteiger partial charge in [0.2, 0.25) is 0 Å². The summed E-state index contributed by atoms with van der Waals surface area (Å²) >= 11 is 8.72. The summed E-state index contributed by atoms with van der Waals surface area (Å²) < 4.78 is 28.0. The van der Waals surface area contributed by atoms with Crippen LogP contribution in [0.4, 0.5) is 8.78 Å². The molecular weight excluding hydrogens is 366 g/mol. The van der Waals surface area contributed by atoms with Gasteiger partial charge in [0.25, 0.3) is 5.91 Å². The van der Waals surface area contributed by atoms with Crippen LogP contribution in [0.25, 0.3) is 0 Å². The number of alkyl halides is 1. The standard InChI is InChI=1S/C14H16BrClF2N2O/c15-10-8-11(17)13(12(18)9-10)14(21)20-4-1-3-19(5-2-16)6-7-20/h8-9H,1-7H2. The van der Waals surface area contributed by atoms with Gasteiger partial charge in [-0.25, -0.2) is 8.78 Å². The highest BCUT2D eigenvalue weighted by atomic mass is 79.9. The summed E-state index contributed by atoms with van der Waals surface area (Å²) in [5.41, 5.74) is -0.482. The number of carbonyl (C=O) groups excluding carboxylic acids is 1. The van der Waals surface area contributed by atoms with E-state index in [1.54, 1.807) is 0 Å². The van der Waals surface area contributed by atoms with E-state index in [9.17, 15) is 13.6 Å². The topological polar surface area (TPSA) is 23.6 Å². The number of carbonyl (C=O) groups is 1. The summed E-state index contributed by atoms with van der Waals surface area (Å²) in [5.74, 6) is -1.74. The lowest BCUT2D eigenvalue weighted by Crippen LogP contribution is -2.36. The molecule has 0 atom stereocenters. The molecule has 1 heterocycles. The van der Waals surface area contributed by atoms with Crippen LogP contribution >= 0.6 is 27.5 Å². The van der Waals surface area contributed by atoms with Gasteiger partial charge in [-0.15, -0.1) is 11.6 Å². The predicted molar refractivity (Wildman–Crippen MR) is 81.7 cm³/mol. The van der Waals surface area contributed by atoms with Crippen LogP contribution in [0.3, 0.4) is 0 Å². The Hall–Kier alpha value is -0.720. The summed E-state index contributed by atoms with van der Waals surface area (Å²) in [4.78, 5) is 16.0. The van der Waals surface area contributed by atoms with Crippen LogP contribution in [-0.2, 0) is 0 Å². The summed E-state index contributed by atoms with van der Waals surface area (Å²) in [6, 6.07) is 2.21. The minimum Gasteiger partial charge on any atom is -0.337 e. The minimum absolute atomic E-state index is 0.276. The molecule has 116 valence electrons. The fourth-order valence-electron chi connectivity index (χ4n) is 2.42. The first kappa shape index (κ1) is 16.6. The van der Waals surface area contributed by atoms with Gasteiger partial charge in [0, 0.05) is 36.5 Å². The average Bonchev–Trinajstić information content (AvgIpc) is 2.63. The van der Waals surface area contributed by atoms with E-state index in [-0.39, 0.29) is 4.47 Å². The monoisotopic (exact) mass is 380 g/mol. The first-order chi connectivity index (χ1) is 10.0. The Bertz CT molecular complexity index is 507. The van der Waals surface area contributed by atoms with Crippen molar-refractivity contribution in [2.24, 2.45) is 0 Å². The van der Waals surface area contributed by atoms with Crippen LogP contribution in [0.2, 0.25) is 0 Å². The zero-order valence-corrected chi connectivity index (χ0v) is 13.8. The molecule has 0 aromatic heterocycles. The van der Waals surface area contributed by atoms with Crippen LogP contribution in [0.1, 0.15) is 16.8 Å². The molecule has 1 aromatic carbocycles. The lowest BCUT2D eigenvalue weighted by atomic mass is 10.1. The van der Waals surface area contributed by atoms with E-state index in [4.69, 9.17) is 11.6 Å². The average molecular weight is 382 g/mol. The van der Waals surface area contributed by atoms with Gasteiger partial charge in [-0.05, 0) is 25.1 Å². The van der Waals surface area contributed by atoms with Gasteiger partial charge in [-0.2, -0.15) is 0 Å². The Kier molecular flexibility index (Phi) is 5.96. The van der Waals surface area contributed by atoms with Crippen molar-refractivity contribution < 1.29 is 13.6 Å². The summed E-state index contributed by atoms with van der Waals surface area (Å²) in [6.07, 6.45) is 0.766. The van der Waals surface area contributed by atoms with Crippen molar-refractivity contribution in [3.63, 3.8) is 0 Å². The maximum absolute atomic E-state index is 13.9. The van der Waals surface area contributed by atoms with Gasteiger partial charge in [0.15, 0.2) is 0 Å². The van der Waals surface area contributed by atoms with Crippen LogP contribution in [-0.4, -0.2) is 54.3 Å². The van der Waals surface area contributed by atoms with E-state index >= 15 is 0 Å². The van der Waals surface area contributed by atoms with Crippen molar-refractivity contribution in [2.75, 3.05) is 38.6 Å². The van der Waals surface area contributed by atoms with Crippen molar-refractivity contribution in [3.05, 3.63) is 33.8 Å². The fourth-order valence-corrected chi connectivity index (χ4v) is 3.06. The van der Waals surface area contributed by atoms with E-state index in [0.717, 1.165) is 31.6 Å². The SMILES string of the molecule is O=C(c1c(F)cc(Br)cc1F)N1CCCN(CCCl)CC1. The molecule has 1 aliphatic heterocycles. The van der Waals surface area contributed by atoms with Gasteiger partial charge in [0.05, 0.1) is 0 Å². The van der Waals surface area contributed by atoms with Crippen LogP contribution in [0, 0.1) is 11.6 Å². The van der Waals surface area contributed by atoms with E-state index in [2.05, 4.69) is 20.8 Å². The molecule has 0 spiro atoms. The second kappa shape index (κ2) is 7.51. The van der Waals surface area contributed by atoms with E-state index < -0.39 is 23.1 Å². The van der Waals surface area contributed by atoms with Crippen molar-refractivity contribution in [2.45, 2.75) is 6.42 Å². The molecule has 7 heteroatoms. The van der Waals surface area contributed by atoms with Crippen molar-refractivity contribution in [1.82, 2.24) is 9.80 Å². The van der Waals surface area contributed by atoms with E-state index in [1.165, 1.54) is 4.90 Å². The molecule has 1 aliphatic rings. The Morgan fingerprint density at radius 2 is 1.86 bits per heavy atom. The molecule has 0 aliphatic carbocycles. The van der Waals surface area contributed by atoms with E-state index in [0.29, 0.717) is 25.5 Å². The Balaban J connectivity index is 2.13. The Morgan fingerprint density at radius 1 is 1.19 bits per heavy atom. The third-order valence-corrected chi connectivity index (χ3v) is 4.12. The quantitative estimate of drug-likeness (QED) is 0.751. The lowest BCUT2D eigenvalue weighted by Gasteiger charge is -2.22. The Morgan fingerprint density at radius 3 is 2.48 bits per heavy atom. The van der Waals surface area contributed by atoms with Gasteiger partial charge >= 0.3 is 0 Å². The molecule has 0 bridgehead atoms. The second-order valence-corrected chi connectivity index (χ2v) is 6.21. The molecule has 1 amide bonds. The molecule has 0 saturated carbocycles. The molecule has 1 saturated heterocycles. The number of halogens is 4. The molecule has 0 unspecified atom stereocenters. The minimum atomic E-state index is -0.839.